The van der Waals surface area contributed by atoms with Crippen LogP contribution >= 0.6 is 0 Å². The summed E-state index contributed by atoms with van der Waals surface area (Å²) in [5.41, 5.74) is 2.12. The summed E-state index contributed by atoms with van der Waals surface area (Å²) < 4.78 is 30.7. The van der Waals surface area contributed by atoms with Gasteiger partial charge in [0, 0.05) is 17.3 Å². The van der Waals surface area contributed by atoms with E-state index in [1.54, 1.807) is 17.0 Å². The van der Waals surface area contributed by atoms with Crippen molar-refractivity contribution in [3.63, 3.8) is 0 Å². The Kier molecular flexibility index (Phi) is 3.56. The van der Waals surface area contributed by atoms with Crippen molar-refractivity contribution in [2.24, 2.45) is 0 Å². The Morgan fingerprint density at radius 3 is 2.57 bits per heavy atom. The lowest BCUT2D eigenvalue weighted by atomic mass is 9.77. The molecule has 0 bridgehead atoms. The molecule has 1 amide bonds. The van der Waals surface area contributed by atoms with Crippen LogP contribution in [0.1, 0.15) is 16.8 Å². The van der Waals surface area contributed by atoms with Gasteiger partial charge in [0.05, 0.1) is 18.4 Å². The fraction of sp³-hybridized carbons (Fsp3) is 0.217. The lowest BCUT2D eigenvalue weighted by molar-refractivity contribution is -0.122. The molecule has 3 aliphatic heterocycles. The van der Waals surface area contributed by atoms with Crippen molar-refractivity contribution in [3.05, 3.63) is 77.4 Å². The predicted octanol–water partition coefficient (Wildman–Crippen LogP) is 3.22. The van der Waals surface area contributed by atoms with Gasteiger partial charge in [0.2, 0.25) is 5.91 Å². The maximum atomic E-state index is 13.9. The van der Waals surface area contributed by atoms with Crippen LogP contribution < -0.4 is 19.1 Å². The van der Waals surface area contributed by atoms with Gasteiger partial charge in [-0.05, 0) is 29.8 Å². The number of ether oxygens (including phenoxy) is 3. The van der Waals surface area contributed by atoms with E-state index >= 15 is 0 Å². The Labute approximate surface area is 171 Å². The highest BCUT2D eigenvalue weighted by atomic mass is 19.1. The van der Waals surface area contributed by atoms with Gasteiger partial charge in [0.15, 0.2) is 11.5 Å². The number of halogens is 1. The number of hydrogen-bond donors (Lipinski definition) is 0. The molecule has 1 spiro atoms. The number of para-hydroxylation sites is 1. The van der Waals surface area contributed by atoms with Crippen molar-refractivity contribution in [1.29, 1.82) is 0 Å². The Bertz CT molecular complexity index is 1180. The molecule has 4 heterocycles. The molecule has 0 aliphatic carbocycles. The number of anilines is 1. The second kappa shape index (κ2) is 6.19. The minimum atomic E-state index is -0.957. The highest BCUT2D eigenvalue weighted by Crippen LogP contribution is 2.54. The first-order chi connectivity index (χ1) is 14.7. The van der Waals surface area contributed by atoms with Crippen LogP contribution in [0.2, 0.25) is 0 Å². The van der Waals surface area contributed by atoms with Gasteiger partial charge in [-0.2, -0.15) is 0 Å². The number of benzene rings is 2. The monoisotopic (exact) mass is 404 g/mol. The highest BCUT2D eigenvalue weighted by Gasteiger charge is 2.57. The molecule has 1 aromatic heterocycles. The molecule has 0 unspecified atom stereocenters. The van der Waals surface area contributed by atoms with Crippen molar-refractivity contribution in [2.45, 2.75) is 12.0 Å². The van der Waals surface area contributed by atoms with Crippen LogP contribution in [0.15, 0.2) is 54.7 Å². The van der Waals surface area contributed by atoms with Gasteiger partial charge in [-0.15, -0.1) is 0 Å². The normalized spacial score (nSPS) is 20.8. The summed E-state index contributed by atoms with van der Waals surface area (Å²) in [4.78, 5) is 19.7. The van der Waals surface area contributed by atoms with E-state index in [1.807, 2.05) is 30.3 Å². The summed E-state index contributed by atoms with van der Waals surface area (Å²) in [6.07, 6.45) is 1.16. The van der Waals surface area contributed by atoms with Crippen LogP contribution in [0.5, 0.6) is 17.2 Å². The molecule has 0 fully saturated rings. The van der Waals surface area contributed by atoms with Crippen LogP contribution in [0.25, 0.3) is 0 Å². The van der Waals surface area contributed by atoms with Gasteiger partial charge in [0.25, 0.3) is 0 Å². The summed E-state index contributed by atoms with van der Waals surface area (Å²) >= 11 is 0. The van der Waals surface area contributed by atoms with E-state index in [4.69, 9.17) is 14.2 Å². The number of carbonyl (C=O) groups is 1. The first-order valence-electron chi connectivity index (χ1n) is 9.76. The average molecular weight is 404 g/mol. The van der Waals surface area contributed by atoms with E-state index in [0.717, 1.165) is 23.0 Å². The molecule has 150 valence electrons. The molecule has 0 saturated carbocycles. The van der Waals surface area contributed by atoms with Gasteiger partial charge >= 0.3 is 0 Å². The molecule has 3 aliphatic rings. The minimum Gasteiger partial charge on any atom is -0.491 e. The van der Waals surface area contributed by atoms with Crippen LogP contribution in [-0.4, -0.2) is 30.7 Å². The van der Waals surface area contributed by atoms with Gasteiger partial charge in [-0.1, -0.05) is 18.2 Å². The minimum absolute atomic E-state index is 0.0924. The molecule has 6 rings (SSSR count). The number of aromatic nitrogens is 1. The number of fused-ring (bicyclic) bond motifs is 5. The largest absolute Gasteiger partial charge is 0.491 e. The molecule has 6 nitrogen and oxygen atoms in total. The van der Waals surface area contributed by atoms with E-state index in [0.29, 0.717) is 36.2 Å². The zero-order chi connectivity index (χ0) is 20.3. The average Bonchev–Trinajstić information content (AvgIpc) is 3.26. The maximum Gasteiger partial charge on any atom is 0.246 e. The Balaban J connectivity index is 1.48. The quantitative estimate of drug-likeness (QED) is 0.657. The molecule has 0 radical (unpaired) electrons. The molecular weight excluding hydrogens is 387 g/mol. The van der Waals surface area contributed by atoms with Crippen LogP contribution in [0, 0.1) is 5.82 Å². The number of pyridine rings is 1. The van der Waals surface area contributed by atoms with E-state index in [2.05, 4.69) is 4.98 Å². The van der Waals surface area contributed by atoms with Crippen molar-refractivity contribution < 1.29 is 23.4 Å². The summed E-state index contributed by atoms with van der Waals surface area (Å²) in [5, 5.41) is 0. The summed E-state index contributed by atoms with van der Waals surface area (Å²) in [6.45, 7) is 1.40. The molecule has 7 heteroatoms. The molecule has 0 saturated heterocycles. The zero-order valence-corrected chi connectivity index (χ0v) is 15.9. The van der Waals surface area contributed by atoms with E-state index in [1.165, 1.54) is 6.07 Å². The van der Waals surface area contributed by atoms with Crippen LogP contribution in [0.4, 0.5) is 10.1 Å². The lowest BCUT2D eigenvalue weighted by Crippen LogP contribution is -2.42. The fourth-order valence-electron chi connectivity index (χ4n) is 4.53. The second-order valence-corrected chi connectivity index (χ2v) is 7.56. The smallest absolute Gasteiger partial charge is 0.246 e. The lowest BCUT2D eigenvalue weighted by Gasteiger charge is -2.24. The van der Waals surface area contributed by atoms with E-state index in [9.17, 15) is 9.18 Å². The first kappa shape index (κ1) is 17.3. The van der Waals surface area contributed by atoms with Crippen LogP contribution in [0.3, 0.4) is 0 Å². The zero-order valence-electron chi connectivity index (χ0n) is 15.9. The fourth-order valence-corrected chi connectivity index (χ4v) is 4.53. The van der Waals surface area contributed by atoms with E-state index < -0.39 is 11.2 Å². The molecule has 30 heavy (non-hydrogen) atoms. The van der Waals surface area contributed by atoms with Crippen LogP contribution in [-0.2, 0) is 16.8 Å². The first-order valence-corrected chi connectivity index (χ1v) is 9.76. The molecule has 1 atom stereocenters. The Hall–Kier alpha value is -3.61. The topological polar surface area (TPSA) is 60.9 Å². The van der Waals surface area contributed by atoms with Crippen molar-refractivity contribution in [2.75, 3.05) is 24.7 Å². The van der Waals surface area contributed by atoms with Gasteiger partial charge in [-0.3, -0.25) is 9.78 Å². The number of amides is 1. The predicted molar refractivity (Wildman–Crippen MR) is 106 cm³/mol. The molecule has 3 aromatic rings. The second-order valence-electron chi connectivity index (χ2n) is 7.56. The Morgan fingerprint density at radius 1 is 0.967 bits per heavy atom. The van der Waals surface area contributed by atoms with Crippen molar-refractivity contribution in [1.82, 2.24) is 4.98 Å². The standard InChI is InChI=1S/C23H17FN2O4/c24-14-5-6-15(25-11-14)12-26-18-4-2-1-3-16(18)23(22(26)27)13-30-19-10-21-20(9-17(19)23)28-7-8-29-21/h1-6,9-11H,7-8,12-13H2/t23-/m1/s1. The molecule has 0 N–H and O–H groups in total. The molecular formula is C23H17FN2O4. The third-order valence-corrected chi connectivity index (χ3v) is 5.92. The maximum absolute atomic E-state index is 13.9. The third kappa shape index (κ3) is 2.29. The van der Waals surface area contributed by atoms with E-state index in [-0.39, 0.29) is 19.1 Å². The highest BCUT2D eigenvalue weighted by molar-refractivity contribution is 6.11. The number of rotatable bonds is 2. The van der Waals surface area contributed by atoms with Gasteiger partial charge in [0.1, 0.15) is 36.8 Å². The summed E-state index contributed by atoms with van der Waals surface area (Å²) in [7, 11) is 0. The van der Waals surface area contributed by atoms with Gasteiger partial charge in [-0.25, -0.2) is 4.39 Å². The van der Waals surface area contributed by atoms with Crippen molar-refractivity contribution in [3.8, 4) is 17.2 Å². The number of nitrogens with zero attached hydrogens (tertiary/aromatic N) is 2. The summed E-state index contributed by atoms with van der Waals surface area (Å²) in [5.74, 6) is 1.37. The third-order valence-electron chi connectivity index (χ3n) is 5.92. The number of carbonyl (C=O) groups excluding carboxylic acids is 1. The summed E-state index contributed by atoms with van der Waals surface area (Å²) in [6, 6.07) is 14.3. The SMILES string of the molecule is O=C1N(Cc2ccc(F)cn2)c2ccccc2[C@@]12COc1cc3c(cc12)OCCO3. The Morgan fingerprint density at radius 2 is 1.77 bits per heavy atom. The van der Waals surface area contributed by atoms with Crippen molar-refractivity contribution >= 4 is 11.6 Å². The molecule has 2 aromatic carbocycles. The number of hydrogen-bond acceptors (Lipinski definition) is 5. The van der Waals surface area contributed by atoms with Gasteiger partial charge < -0.3 is 19.1 Å².